The van der Waals surface area contributed by atoms with Gasteiger partial charge < -0.3 is 15.4 Å². The molecule has 2 aliphatic heterocycles. The first-order valence-electron chi connectivity index (χ1n) is 6.61. The Morgan fingerprint density at radius 3 is 2.24 bits per heavy atom. The van der Waals surface area contributed by atoms with E-state index in [9.17, 15) is 4.79 Å². The molecule has 2 N–H and O–H groups in total. The molecule has 2 fully saturated rings. The van der Waals surface area contributed by atoms with Crippen LogP contribution in [0.5, 0.6) is 0 Å². The van der Waals surface area contributed by atoms with E-state index in [0.717, 1.165) is 6.54 Å². The van der Waals surface area contributed by atoms with Crippen molar-refractivity contribution in [3.8, 4) is 0 Å². The summed E-state index contributed by atoms with van der Waals surface area (Å²) in [5, 5.41) is 0. The summed E-state index contributed by atoms with van der Waals surface area (Å²) in [4.78, 5) is 14.4. The Bertz CT molecular complexity index is 298. The van der Waals surface area contributed by atoms with Gasteiger partial charge >= 0.3 is 0 Å². The molecule has 0 spiro atoms. The van der Waals surface area contributed by atoms with Crippen molar-refractivity contribution in [3.63, 3.8) is 0 Å². The van der Waals surface area contributed by atoms with Crippen LogP contribution >= 0.6 is 0 Å². The quantitative estimate of drug-likeness (QED) is 0.739. The number of carbonyl (C=O) groups excluding carboxylic acids is 1. The Morgan fingerprint density at radius 2 is 1.82 bits per heavy atom. The molecule has 17 heavy (non-hydrogen) atoms. The molecule has 6 atom stereocenters. The largest absolute Gasteiger partial charge is 0.374 e. The van der Waals surface area contributed by atoms with E-state index < -0.39 is 0 Å². The number of hydrogen-bond acceptors (Lipinski definition) is 3. The highest BCUT2D eigenvalue weighted by atomic mass is 16.5. The molecule has 2 heterocycles. The van der Waals surface area contributed by atoms with Crippen LogP contribution in [0, 0.1) is 17.8 Å². The highest BCUT2D eigenvalue weighted by Crippen LogP contribution is 2.34. The number of carbonyl (C=O) groups is 1. The predicted octanol–water partition coefficient (Wildman–Crippen LogP) is 0.852. The third kappa shape index (κ3) is 2.20. The maximum absolute atomic E-state index is 12.5. The van der Waals surface area contributed by atoms with Gasteiger partial charge in [0.05, 0.1) is 18.1 Å². The van der Waals surface area contributed by atoms with Crippen molar-refractivity contribution >= 4 is 5.91 Å². The van der Waals surface area contributed by atoms with Crippen molar-refractivity contribution in [2.45, 2.75) is 45.9 Å². The first-order chi connectivity index (χ1) is 7.91. The smallest absolute Gasteiger partial charge is 0.228 e. The first kappa shape index (κ1) is 12.8. The van der Waals surface area contributed by atoms with Gasteiger partial charge in [0.2, 0.25) is 5.91 Å². The topological polar surface area (TPSA) is 55.6 Å². The number of likely N-dealkylation sites (tertiary alicyclic amines) is 1. The second-order valence-electron chi connectivity index (χ2n) is 5.82. The van der Waals surface area contributed by atoms with Crippen LogP contribution in [0.15, 0.2) is 0 Å². The van der Waals surface area contributed by atoms with Crippen molar-refractivity contribution in [1.82, 2.24) is 4.90 Å². The number of rotatable bonds is 1. The van der Waals surface area contributed by atoms with Gasteiger partial charge in [-0.05, 0) is 25.7 Å². The van der Waals surface area contributed by atoms with Crippen LogP contribution in [0.1, 0.15) is 27.7 Å². The van der Waals surface area contributed by atoms with E-state index in [4.69, 9.17) is 10.5 Å². The van der Waals surface area contributed by atoms with E-state index in [0.29, 0.717) is 18.4 Å². The van der Waals surface area contributed by atoms with Crippen LogP contribution in [0.25, 0.3) is 0 Å². The number of nitrogens with two attached hydrogens (primary N) is 1. The molecule has 6 unspecified atom stereocenters. The van der Waals surface area contributed by atoms with E-state index in [2.05, 4.69) is 13.8 Å². The molecule has 2 aliphatic rings. The molecule has 4 heteroatoms. The molecule has 98 valence electrons. The van der Waals surface area contributed by atoms with Gasteiger partial charge in [-0.15, -0.1) is 0 Å². The Hall–Kier alpha value is -0.610. The molecule has 0 aromatic carbocycles. The summed E-state index contributed by atoms with van der Waals surface area (Å²) in [7, 11) is 0. The van der Waals surface area contributed by atoms with Crippen LogP contribution in [0.2, 0.25) is 0 Å². The van der Waals surface area contributed by atoms with Crippen LogP contribution in [-0.2, 0) is 9.53 Å². The maximum atomic E-state index is 12.5. The lowest BCUT2D eigenvalue weighted by atomic mass is 9.88. The summed E-state index contributed by atoms with van der Waals surface area (Å²) < 4.78 is 5.74. The Labute approximate surface area is 103 Å². The molecule has 0 aromatic rings. The standard InChI is InChI=1S/C13H24N2O2/c1-7-5-15(6-11(7)14)13(16)12-8(2)9(3)17-10(12)4/h7-12H,5-6,14H2,1-4H3. The summed E-state index contributed by atoms with van der Waals surface area (Å²) in [5.41, 5.74) is 5.98. The van der Waals surface area contributed by atoms with Gasteiger partial charge in [-0.2, -0.15) is 0 Å². The zero-order chi connectivity index (χ0) is 12.7. The molecular formula is C13H24N2O2. The fraction of sp³-hybridized carbons (Fsp3) is 0.923. The molecular weight excluding hydrogens is 216 g/mol. The van der Waals surface area contributed by atoms with Gasteiger partial charge in [0.15, 0.2) is 0 Å². The molecule has 1 amide bonds. The second-order valence-corrected chi connectivity index (χ2v) is 5.82. The molecule has 0 radical (unpaired) electrons. The van der Waals surface area contributed by atoms with Gasteiger partial charge in [-0.1, -0.05) is 13.8 Å². The normalized spacial score (nSPS) is 46.5. The second kappa shape index (κ2) is 4.58. The number of nitrogens with zero attached hydrogens (tertiary/aromatic N) is 1. The highest BCUT2D eigenvalue weighted by molar-refractivity contribution is 5.80. The molecule has 0 saturated carbocycles. The van der Waals surface area contributed by atoms with Crippen LogP contribution in [0.4, 0.5) is 0 Å². The third-order valence-corrected chi connectivity index (χ3v) is 4.51. The van der Waals surface area contributed by atoms with Gasteiger partial charge in [-0.3, -0.25) is 4.79 Å². The lowest BCUT2D eigenvalue weighted by Crippen LogP contribution is -2.40. The van der Waals surface area contributed by atoms with E-state index in [1.807, 2.05) is 18.7 Å². The number of hydrogen-bond donors (Lipinski definition) is 1. The maximum Gasteiger partial charge on any atom is 0.228 e. The zero-order valence-electron chi connectivity index (χ0n) is 11.2. The fourth-order valence-corrected chi connectivity index (χ4v) is 3.08. The third-order valence-electron chi connectivity index (χ3n) is 4.51. The molecule has 0 aromatic heterocycles. The van der Waals surface area contributed by atoms with Crippen molar-refractivity contribution in [2.24, 2.45) is 23.5 Å². The van der Waals surface area contributed by atoms with Crippen molar-refractivity contribution < 1.29 is 9.53 Å². The summed E-state index contributed by atoms with van der Waals surface area (Å²) in [5.74, 6) is 0.936. The lowest BCUT2D eigenvalue weighted by molar-refractivity contribution is -0.137. The SMILES string of the molecule is CC1CN(C(=O)C2C(C)OC(C)C2C)CC1N. The number of ether oxygens (including phenoxy) is 1. The minimum Gasteiger partial charge on any atom is -0.374 e. The molecule has 0 aliphatic carbocycles. The Balaban J connectivity index is 2.05. The summed E-state index contributed by atoms with van der Waals surface area (Å²) in [6, 6.07) is 0.129. The monoisotopic (exact) mass is 240 g/mol. The minimum absolute atomic E-state index is 0.00231. The van der Waals surface area contributed by atoms with E-state index in [1.165, 1.54) is 0 Å². The Morgan fingerprint density at radius 1 is 1.18 bits per heavy atom. The van der Waals surface area contributed by atoms with Crippen LogP contribution < -0.4 is 5.73 Å². The zero-order valence-corrected chi connectivity index (χ0v) is 11.2. The summed E-state index contributed by atoms with van der Waals surface area (Å²) in [6.45, 7) is 9.76. The first-order valence-corrected chi connectivity index (χ1v) is 6.61. The van der Waals surface area contributed by atoms with Crippen LogP contribution in [-0.4, -0.2) is 42.1 Å². The van der Waals surface area contributed by atoms with Gasteiger partial charge in [0.25, 0.3) is 0 Å². The number of amides is 1. The van der Waals surface area contributed by atoms with Gasteiger partial charge in [-0.25, -0.2) is 0 Å². The molecule has 0 bridgehead atoms. The molecule has 4 nitrogen and oxygen atoms in total. The summed E-state index contributed by atoms with van der Waals surface area (Å²) in [6.07, 6.45) is 0.201. The molecule has 2 saturated heterocycles. The average Bonchev–Trinajstić information content (AvgIpc) is 2.70. The van der Waals surface area contributed by atoms with Gasteiger partial charge in [0, 0.05) is 19.1 Å². The molecule has 2 rings (SSSR count). The van der Waals surface area contributed by atoms with Crippen molar-refractivity contribution in [1.29, 1.82) is 0 Å². The van der Waals surface area contributed by atoms with Crippen molar-refractivity contribution in [2.75, 3.05) is 13.1 Å². The van der Waals surface area contributed by atoms with Crippen molar-refractivity contribution in [3.05, 3.63) is 0 Å². The van der Waals surface area contributed by atoms with Gasteiger partial charge in [0.1, 0.15) is 0 Å². The van der Waals surface area contributed by atoms with Crippen LogP contribution in [0.3, 0.4) is 0 Å². The summed E-state index contributed by atoms with van der Waals surface area (Å²) >= 11 is 0. The minimum atomic E-state index is 0.00231. The highest BCUT2D eigenvalue weighted by Gasteiger charge is 2.44. The fourth-order valence-electron chi connectivity index (χ4n) is 3.08. The van der Waals surface area contributed by atoms with E-state index in [1.54, 1.807) is 0 Å². The predicted molar refractivity (Wildman–Crippen MR) is 66.4 cm³/mol. The lowest BCUT2D eigenvalue weighted by Gasteiger charge is -2.24. The average molecular weight is 240 g/mol. The Kier molecular flexibility index (Phi) is 3.46. The van der Waals surface area contributed by atoms with E-state index in [-0.39, 0.29) is 30.1 Å². The van der Waals surface area contributed by atoms with E-state index >= 15 is 0 Å².